The summed E-state index contributed by atoms with van der Waals surface area (Å²) in [4.78, 5) is 12.4. The highest BCUT2D eigenvalue weighted by molar-refractivity contribution is 7.98. The Bertz CT molecular complexity index is 656. The minimum Gasteiger partial charge on any atom is -0.507 e. The van der Waals surface area contributed by atoms with Gasteiger partial charge in [-0.2, -0.15) is 0 Å². The second-order valence-corrected chi connectivity index (χ2v) is 5.31. The Hall–Kier alpha value is -2.14. The van der Waals surface area contributed by atoms with Gasteiger partial charge in [0.15, 0.2) is 0 Å². The van der Waals surface area contributed by atoms with E-state index in [-0.39, 0.29) is 11.3 Å². The summed E-state index contributed by atoms with van der Waals surface area (Å²) in [6, 6.07) is 11.1. The lowest BCUT2D eigenvalue weighted by atomic mass is 10.1. The van der Waals surface area contributed by atoms with E-state index in [1.54, 1.807) is 6.07 Å². The molecule has 104 valence electrons. The van der Waals surface area contributed by atoms with Gasteiger partial charge in [-0.1, -0.05) is 12.1 Å². The van der Waals surface area contributed by atoms with E-state index in [0.29, 0.717) is 5.69 Å². The lowest BCUT2D eigenvalue weighted by Gasteiger charge is -2.13. The first-order valence-corrected chi connectivity index (χ1v) is 7.28. The summed E-state index contributed by atoms with van der Waals surface area (Å²) in [5, 5.41) is 13.1. The molecule has 5 heteroatoms. The van der Waals surface area contributed by atoms with Crippen molar-refractivity contribution < 1.29 is 9.90 Å². The third-order valence-corrected chi connectivity index (χ3v) is 3.58. The molecule has 0 aliphatic carbocycles. The predicted octanol–water partition coefficient (Wildman–Crippen LogP) is 3.27. The van der Waals surface area contributed by atoms with Crippen LogP contribution in [0.5, 0.6) is 5.75 Å². The maximum atomic E-state index is 11.5. The summed E-state index contributed by atoms with van der Waals surface area (Å²) in [5.41, 5.74) is 7.89. The van der Waals surface area contributed by atoms with Crippen molar-refractivity contribution in [2.45, 2.75) is 11.8 Å². The molecule has 0 radical (unpaired) electrons. The van der Waals surface area contributed by atoms with Gasteiger partial charge in [-0.3, -0.25) is 4.79 Å². The van der Waals surface area contributed by atoms with E-state index in [2.05, 4.69) is 5.32 Å². The largest absolute Gasteiger partial charge is 0.507 e. The summed E-state index contributed by atoms with van der Waals surface area (Å²) >= 11 is 1.48. The third kappa shape index (κ3) is 3.05. The van der Waals surface area contributed by atoms with E-state index >= 15 is 0 Å². The maximum absolute atomic E-state index is 11.5. The fourth-order valence-corrected chi connectivity index (χ4v) is 2.42. The molecule has 0 heterocycles. The van der Waals surface area contributed by atoms with Crippen LogP contribution < -0.4 is 11.1 Å². The molecule has 4 nitrogen and oxygen atoms in total. The van der Waals surface area contributed by atoms with Gasteiger partial charge in [0.2, 0.25) is 0 Å². The molecule has 1 amide bonds. The molecule has 2 rings (SSSR count). The van der Waals surface area contributed by atoms with E-state index in [1.807, 2.05) is 37.4 Å². The van der Waals surface area contributed by atoms with Crippen LogP contribution in [0.3, 0.4) is 0 Å². The zero-order chi connectivity index (χ0) is 14.7. The van der Waals surface area contributed by atoms with Gasteiger partial charge in [0.25, 0.3) is 5.91 Å². The number of anilines is 2. The van der Waals surface area contributed by atoms with Crippen molar-refractivity contribution in [1.82, 2.24) is 0 Å². The minimum atomic E-state index is -0.662. The van der Waals surface area contributed by atoms with Crippen LogP contribution in [0.2, 0.25) is 0 Å². The van der Waals surface area contributed by atoms with Gasteiger partial charge in [-0.15, -0.1) is 11.8 Å². The van der Waals surface area contributed by atoms with Crippen LogP contribution in [0.25, 0.3) is 0 Å². The molecule has 2 aromatic rings. The zero-order valence-corrected chi connectivity index (χ0v) is 12.1. The number of thioether (sulfide) groups is 1. The second kappa shape index (κ2) is 5.88. The van der Waals surface area contributed by atoms with Gasteiger partial charge in [0.1, 0.15) is 11.3 Å². The van der Waals surface area contributed by atoms with Crippen LogP contribution in [-0.4, -0.2) is 17.3 Å². The summed E-state index contributed by atoms with van der Waals surface area (Å²) in [5.74, 6) is -0.773. The number of nitrogens with one attached hydrogen (secondary N) is 1. The molecule has 4 N–H and O–H groups in total. The van der Waals surface area contributed by atoms with Gasteiger partial charge in [0.05, 0.1) is 5.69 Å². The number of aryl methyl sites for hydroxylation is 1. The highest BCUT2D eigenvalue weighted by atomic mass is 32.2. The normalized spacial score (nSPS) is 10.3. The lowest BCUT2D eigenvalue weighted by molar-refractivity contribution is 0.0998. The first-order chi connectivity index (χ1) is 9.51. The number of amides is 1. The topological polar surface area (TPSA) is 75.3 Å². The molecule has 0 aliphatic rings. The average Bonchev–Trinajstić information content (AvgIpc) is 2.37. The molecule has 0 aliphatic heterocycles. The van der Waals surface area contributed by atoms with Crippen LogP contribution in [0.15, 0.2) is 41.3 Å². The smallest absolute Gasteiger partial charge is 0.254 e. The van der Waals surface area contributed by atoms with Crippen molar-refractivity contribution in [2.24, 2.45) is 5.73 Å². The van der Waals surface area contributed by atoms with Crippen LogP contribution in [0, 0.1) is 6.92 Å². The van der Waals surface area contributed by atoms with E-state index in [4.69, 9.17) is 5.73 Å². The minimum absolute atomic E-state index is 0.101. The number of phenols is 1. The van der Waals surface area contributed by atoms with Crippen molar-refractivity contribution in [3.8, 4) is 5.75 Å². The third-order valence-electron chi connectivity index (χ3n) is 2.87. The molecule has 0 saturated heterocycles. The standard InChI is InChI=1S/C15H16N2O2S/c1-9-4-3-5-10(6-9)17-12-7-11(20-2)8-13(18)14(12)15(16)19/h3-8,17-18H,1-2H3,(H2,16,19). The summed E-state index contributed by atoms with van der Waals surface area (Å²) < 4.78 is 0. The zero-order valence-electron chi connectivity index (χ0n) is 11.3. The summed E-state index contributed by atoms with van der Waals surface area (Å²) in [6.45, 7) is 1.98. The number of hydrogen-bond donors (Lipinski definition) is 3. The number of aromatic hydroxyl groups is 1. The molecule has 0 aromatic heterocycles. The highest BCUT2D eigenvalue weighted by Gasteiger charge is 2.15. The fraction of sp³-hybridized carbons (Fsp3) is 0.133. The molecular weight excluding hydrogens is 272 g/mol. The van der Waals surface area contributed by atoms with E-state index in [0.717, 1.165) is 16.1 Å². The summed E-state index contributed by atoms with van der Waals surface area (Å²) in [7, 11) is 0. The Morgan fingerprint density at radius 3 is 2.65 bits per heavy atom. The van der Waals surface area contributed by atoms with E-state index in [9.17, 15) is 9.90 Å². The molecule has 0 saturated carbocycles. The molecule has 20 heavy (non-hydrogen) atoms. The number of carbonyl (C=O) groups excluding carboxylic acids is 1. The SMILES string of the molecule is CSc1cc(O)c(C(N)=O)c(Nc2cccc(C)c2)c1. The van der Waals surface area contributed by atoms with Gasteiger partial charge < -0.3 is 16.2 Å². The van der Waals surface area contributed by atoms with E-state index in [1.165, 1.54) is 17.8 Å². The van der Waals surface area contributed by atoms with Gasteiger partial charge >= 0.3 is 0 Å². The lowest BCUT2D eigenvalue weighted by Crippen LogP contribution is -2.13. The first kappa shape index (κ1) is 14.3. The van der Waals surface area contributed by atoms with Crippen LogP contribution in [0.1, 0.15) is 15.9 Å². The Kier molecular flexibility index (Phi) is 4.20. The molecular formula is C15H16N2O2S. The van der Waals surface area contributed by atoms with Crippen LogP contribution in [0.4, 0.5) is 11.4 Å². The van der Waals surface area contributed by atoms with Crippen molar-refractivity contribution >= 4 is 29.0 Å². The second-order valence-electron chi connectivity index (χ2n) is 4.43. The number of carbonyl (C=O) groups is 1. The number of nitrogens with two attached hydrogens (primary N) is 1. The predicted molar refractivity (Wildman–Crippen MR) is 82.9 cm³/mol. The highest BCUT2D eigenvalue weighted by Crippen LogP contribution is 2.33. The average molecular weight is 288 g/mol. The molecule has 0 fully saturated rings. The van der Waals surface area contributed by atoms with Gasteiger partial charge in [0, 0.05) is 10.6 Å². The Morgan fingerprint density at radius 1 is 1.30 bits per heavy atom. The molecule has 2 aromatic carbocycles. The monoisotopic (exact) mass is 288 g/mol. The number of primary amides is 1. The first-order valence-electron chi connectivity index (χ1n) is 6.05. The van der Waals surface area contributed by atoms with Gasteiger partial charge in [-0.05, 0) is 43.0 Å². The number of benzene rings is 2. The van der Waals surface area contributed by atoms with Crippen molar-refractivity contribution in [3.63, 3.8) is 0 Å². The van der Waals surface area contributed by atoms with Crippen molar-refractivity contribution in [2.75, 3.05) is 11.6 Å². The quantitative estimate of drug-likeness (QED) is 0.755. The van der Waals surface area contributed by atoms with Crippen molar-refractivity contribution in [3.05, 3.63) is 47.5 Å². The molecule has 0 spiro atoms. The van der Waals surface area contributed by atoms with E-state index < -0.39 is 5.91 Å². The Morgan fingerprint density at radius 2 is 2.05 bits per heavy atom. The molecule has 0 bridgehead atoms. The van der Waals surface area contributed by atoms with Crippen LogP contribution >= 0.6 is 11.8 Å². The summed E-state index contributed by atoms with van der Waals surface area (Å²) in [6.07, 6.45) is 1.90. The molecule has 0 atom stereocenters. The fourth-order valence-electron chi connectivity index (χ4n) is 1.95. The molecule has 0 unspecified atom stereocenters. The Labute approximate surface area is 122 Å². The van der Waals surface area contributed by atoms with Crippen LogP contribution in [-0.2, 0) is 0 Å². The maximum Gasteiger partial charge on any atom is 0.254 e. The number of hydrogen-bond acceptors (Lipinski definition) is 4. The Balaban J connectivity index is 2.48. The van der Waals surface area contributed by atoms with Gasteiger partial charge in [-0.25, -0.2) is 0 Å². The number of rotatable bonds is 4. The van der Waals surface area contributed by atoms with Crippen molar-refractivity contribution in [1.29, 1.82) is 0 Å².